The zero-order valence-corrected chi connectivity index (χ0v) is 14.6. The molecule has 132 valence electrons. The molecule has 0 aliphatic heterocycles. The summed E-state index contributed by atoms with van der Waals surface area (Å²) in [5.74, 6) is 0.130. The van der Waals surface area contributed by atoms with Gasteiger partial charge in [-0.1, -0.05) is 19.8 Å². The normalized spacial score (nSPS) is 10.2. The molecule has 0 radical (unpaired) electrons. The van der Waals surface area contributed by atoms with E-state index in [2.05, 4.69) is 17.0 Å². The molecule has 0 fully saturated rings. The summed E-state index contributed by atoms with van der Waals surface area (Å²) in [7, 11) is 1.33. The molecule has 0 saturated carbocycles. The lowest BCUT2D eigenvalue weighted by atomic mass is 10.1. The van der Waals surface area contributed by atoms with Gasteiger partial charge in [0, 0.05) is 11.3 Å². The summed E-state index contributed by atoms with van der Waals surface area (Å²) in [4.78, 5) is 23.6. The van der Waals surface area contributed by atoms with Gasteiger partial charge in [-0.2, -0.15) is 0 Å². The fourth-order valence-electron chi connectivity index (χ4n) is 2.26. The molecule has 0 aromatic heterocycles. The lowest BCUT2D eigenvalue weighted by molar-refractivity contribution is 0.0600. The average Bonchev–Trinajstić information content (AvgIpc) is 2.65. The fourth-order valence-corrected chi connectivity index (χ4v) is 2.26. The van der Waals surface area contributed by atoms with Crippen LogP contribution >= 0.6 is 0 Å². The highest BCUT2D eigenvalue weighted by atomic mass is 16.5. The van der Waals surface area contributed by atoms with E-state index in [9.17, 15) is 9.59 Å². The molecule has 5 heteroatoms. The molecule has 0 bridgehead atoms. The van der Waals surface area contributed by atoms with E-state index in [0.29, 0.717) is 23.4 Å². The fraction of sp³-hybridized carbons (Fsp3) is 0.300. The van der Waals surface area contributed by atoms with Gasteiger partial charge in [-0.15, -0.1) is 0 Å². The first-order valence-electron chi connectivity index (χ1n) is 8.36. The molecule has 0 heterocycles. The topological polar surface area (TPSA) is 64.6 Å². The summed E-state index contributed by atoms with van der Waals surface area (Å²) in [6, 6.07) is 13.6. The molecule has 0 saturated heterocycles. The Labute approximate surface area is 148 Å². The van der Waals surface area contributed by atoms with Gasteiger partial charge in [-0.25, -0.2) is 4.79 Å². The molecule has 2 rings (SSSR count). The number of benzene rings is 2. The summed E-state index contributed by atoms with van der Waals surface area (Å²) in [5.41, 5.74) is 1.58. The van der Waals surface area contributed by atoms with Crippen molar-refractivity contribution < 1.29 is 19.1 Å². The van der Waals surface area contributed by atoms with Gasteiger partial charge in [0.05, 0.1) is 19.3 Å². The van der Waals surface area contributed by atoms with Gasteiger partial charge in [0.15, 0.2) is 0 Å². The van der Waals surface area contributed by atoms with Gasteiger partial charge >= 0.3 is 5.97 Å². The van der Waals surface area contributed by atoms with Gasteiger partial charge in [-0.3, -0.25) is 4.79 Å². The minimum atomic E-state index is -0.410. The first kappa shape index (κ1) is 18.5. The van der Waals surface area contributed by atoms with E-state index in [1.54, 1.807) is 48.5 Å². The van der Waals surface area contributed by atoms with Crippen LogP contribution in [0.15, 0.2) is 48.5 Å². The molecule has 0 unspecified atom stereocenters. The first-order chi connectivity index (χ1) is 12.1. The van der Waals surface area contributed by atoms with Crippen molar-refractivity contribution in [2.75, 3.05) is 19.0 Å². The summed E-state index contributed by atoms with van der Waals surface area (Å²) in [6.45, 7) is 2.84. The Kier molecular flexibility index (Phi) is 7.01. The molecule has 0 spiro atoms. The van der Waals surface area contributed by atoms with Crippen LogP contribution in [0.2, 0.25) is 0 Å². The highest BCUT2D eigenvalue weighted by Gasteiger charge is 2.08. The van der Waals surface area contributed by atoms with Gasteiger partial charge in [-0.05, 0) is 55.0 Å². The van der Waals surface area contributed by atoms with Gasteiger partial charge in [0.2, 0.25) is 0 Å². The van der Waals surface area contributed by atoms with Crippen molar-refractivity contribution in [3.8, 4) is 5.75 Å². The monoisotopic (exact) mass is 341 g/mol. The molecule has 1 N–H and O–H groups in total. The Morgan fingerprint density at radius 1 is 0.920 bits per heavy atom. The Morgan fingerprint density at radius 2 is 1.56 bits per heavy atom. The standard InChI is InChI=1S/C20H23NO4/c1-3-4-5-14-25-18-12-8-15(9-13-18)19(22)21-17-10-6-16(7-11-17)20(23)24-2/h6-13H,3-5,14H2,1-2H3,(H,21,22). The molecule has 0 aliphatic carbocycles. The van der Waals surface area contributed by atoms with Gasteiger partial charge < -0.3 is 14.8 Å². The number of carbonyl (C=O) groups excluding carboxylic acids is 2. The Hall–Kier alpha value is -2.82. The van der Waals surface area contributed by atoms with E-state index in [1.807, 2.05) is 0 Å². The largest absolute Gasteiger partial charge is 0.494 e. The molecule has 0 aliphatic rings. The van der Waals surface area contributed by atoms with E-state index in [-0.39, 0.29) is 5.91 Å². The average molecular weight is 341 g/mol. The second-order valence-corrected chi connectivity index (χ2v) is 5.60. The van der Waals surface area contributed by atoms with Crippen LogP contribution in [0.3, 0.4) is 0 Å². The Bertz CT molecular complexity index is 693. The number of amides is 1. The number of carbonyl (C=O) groups is 2. The molecule has 2 aromatic rings. The van der Waals surface area contributed by atoms with E-state index in [1.165, 1.54) is 7.11 Å². The van der Waals surface area contributed by atoms with E-state index >= 15 is 0 Å². The highest BCUT2D eigenvalue weighted by molar-refractivity contribution is 6.04. The predicted molar refractivity (Wildman–Crippen MR) is 97.2 cm³/mol. The lowest BCUT2D eigenvalue weighted by Crippen LogP contribution is -2.12. The highest BCUT2D eigenvalue weighted by Crippen LogP contribution is 2.15. The number of esters is 1. The van der Waals surface area contributed by atoms with Crippen LogP contribution in [0.25, 0.3) is 0 Å². The third-order valence-electron chi connectivity index (χ3n) is 3.70. The minimum Gasteiger partial charge on any atom is -0.494 e. The van der Waals surface area contributed by atoms with E-state index in [0.717, 1.165) is 25.0 Å². The maximum Gasteiger partial charge on any atom is 0.337 e. The minimum absolute atomic E-state index is 0.219. The van der Waals surface area contributed by atoms with E-state index in [4.69, 9.17) is 4.74 Å². The maximum absolute atomic E-state index is 12.3. The molecule has 0 atom stereocenters. The van der Waals surface area contributed by atoms with Crippen molar-refractivity contribution in [2.24, 2.45) is 0 Å². The van der Waals surface area contributed by atoms with Crippen molar-refractivity contribution in [1.82, 2.24) is 0 Å². The summed E-state index contributed by atoms with van der Waals surface area (Å²) in [5, 5.41) is 2.79. The summed E-state index contributed by atoms with van der Waals surface area (Å²) < 4.78 is 10.3. The van der Waals surface area contributed by atoms with E-state index < -0.39 is 5.97 Å². The lowest BCUT2D eigenvalue weighted by Gasteiger charge is -2.08. The number of methoxy groups -OCH3 is 1. The van der Waals surface area contributed by atoms with Gasteiger partial charge in [0.25, 0.3) is 5.91 Å². The SMILES string of the molecule is CCCCCOc1ccc(C(=O)Nc2ccc(C(=O)OC)cc2)cc1. The van der Waals surface area contributed by atoms with Gasteiger partial charge in [0.1, 0.15) is 5.75 Å². The molecule has 2 aromatic carbocycles. The third-order valence-corrected chi connectivity index (χ3v) is 3.70. The summed E-state index contributed by atoms with van der Waals surface area (Å²) >= 11 is 0. The zero-order valence-electron chi connectivity index (χ0n) is 14.6. The molecular formula is C20H23NO4. The molecule has 1 amide bonds. The van der Waals surface area contributed by atoms with Crippen LogP contribution < -0.4 is 10.1 Å². The molecule has 25 heavy (non-hydrogen) atoms. The Morgan fingerprint density at radius 3 is 2.16 bits per heavy atom. The number of unbranched alkanes of at least 4 members (excludes halogenated alkanes) is 2. The van der Waals surface area contributed by atoms with Crippen molar-refractivity contribution >= 4 is 17.6 Å². The third kappa shape index (κ3) is 5.64. The second-order valence-electron chi connectivity index (χ2n) is 5.60. The molecule has 5 nitrogen and oxygen atoms in total. The smallest absolute Gasteiger partial charge is 0.337 e. The first-order valence-corrected chi connectivity index (χ1v) is 8.36. The van der Waals surface area contributed by atoms with Crippen LogP contribution in [-0.4, -0.2) is 25.6 Å². The van der Waals surface area contributed by atoms with Crippen LogP contribution in [0.1, 0.15) is 46.9 Å². The van der Waals surface area contributed by atoms with Crippen molar-refractivity contribution in [3.05, 3.63) is 59.7 Å². The number of rotatable bonds is 8. The molecular weight excluding hydrogens is 318 g/mol. The van der Waals surface area contributed by atoms with Crippen LogP contribution in [0, 0.1) is 0 Å². The van der Waals surface area contributed by atoms with Crippen LogP contribution in [0.4, 0.5) is 5.69 Å². The quantitative estimate of drug-likeness (QED) is 0.574. The zero-order chi connectivity index (χ0) is 18.1. The Balaban J connectivity index is 1.91. The van der Waals surface area contributed by atoms with Crippen molar-refractivity contribution in [3.63, 3.8) is 0 Å². The number of ether oxygens (including phenoxy) is 2. The number of anilines is 1. The number of nitrogens with one attached hydrogen (secondary N) is 1. The van der Waals surface area contributed by atoms with Crippen LogP contribution in [0.5, 0.6) is 5.75 Å². The van der Waals surface area contributed by atoms with Crippen LogP contribution in [-0.2, 0) is 4.74 Å². The predicted octanol–water partition coefficient (Wildman–Crippen LogP) is 4.29. The van der Waals surface area contributed by atoms with Crippen molar-refractivity contribution in [2.45, 2.75) is 26.2 Å². The second kappa shape index (κ2) is 9.47. The summed E-state index contributed by atoms with van der Waals surface area (Å²) in [6.07, 6.45) is 3.33. The number of hydrogen-bond acceptors (Lipinski definition) is 4. The number of hydrogen-bond donors (Lipinski definition) is 1. The maximum atomic E-state index is 12.3. The van der Waals surface area contributed by atoms with Crippen molar-refractivity contribution in [1.29, 1.82) is 0 Å².